The van der Waals surface area contributed by atoms with Crippen molar-refractivity contribution in [2.75, 3.05) is 32.2 Å². The molecular formula is C13H21FN2O2. The van der Waals surface area contributed by atoms with Gasteiger partial charge in [-0.1, -0.05) is 12.1 Å². The van der Waals surface area contributed by atoms with E-state index in [-0.39, 0.29) is 25.0 Å². The second-order valence-electron chi connectivity index (χ2n) is 4.46. The Morgan fingerprint density at radius 3 is 2.72 bits per heavy atom. The normalized spacial score (nSPS) is 14.3. The second kappa shape index (κ2) is 6.68. The minimum absolute atomic E-state index is 0.215. The summed E-state index contributed by atoms with van der Waals surface area (Å²) in [6.45, 7) is 2.30. The molecular weight excluding hydrogens is 235 g/mol. The molecule has 1 rings (SSSR count). The van der Waals surface area contributed by atoms with Gasteiger partial charge in [0.1, 0.15) is 5.82 Å². The van der Waals surface area contributed by atoms with Crippen LogP contribution < -0.4 is 10.6 Å². The van der Waals surface area contributed by atoms with Gasteiger partial charge in [-0.25, -0.2) is 4.39 Å². The number of methoxy groups -OCH3 is 1. The first kappa shape index (κ1) is 14.9. The molecule has 0 bridgehead atoms. The molecule has 1 aromatic rings. The van der Waals surface area contributed by atoms with Crippen LogP contribution in [-0.2, 0) is 4.74 Å². The third-order valence-corrected chi connectivity index (χ3v) is 2.73. The summed E-state index contributed by atoms with van der Waals surface area (Å²) in [6, 6.07) is 4.55. The van der Waals surface area contributed by atoms with E-state index in [2.05, 4.69) is 0 Å². The van der Waals surface area contributed by atoms with Crippen LogP contribution in [0.5, 0.6) is 0 Å². The number of nitrogens with zero attached hydrogens (tertiary/aromatic N) is 1. The van der Waals surface area contributed by atoms with Crippen molar-refractivity contribution in [2.24, 2.45) is 5.73 Å². The zero-order valence-corrected chi connectivity index (χ0v) is 11.1. The smallest absolute Gasteiger partial charge is 0.146 e. The number of hydrogen-bond acceptors (Lipinski definition) is 4. The Morgan fingerprint density at radius 1 is 1.50 bits per heavy atom. The molecule has 0 aliphatic heterocycles. The van der Waals surface area contributed by atoms with Gasteiger partial charge in [0.15, 0.2) is 0 Å². The van der Waals surface area contributed by atoms with E-state index in [0.29, 0.717) is 5.69 Å². The van der Waals surface area contributed by atoms with Gasteiger partial charge in [-0.15, -0.1) is 0 Å². The van der Waals surface area contributed by atoms with Gasteiger partial charge < -0.3 is 20.5 Å². The average Bonchev–Trinajstić information content (AvgIpc) is 2.28. The maximum atomic E-state index is 13.9. The molecule has 5 heteroatoms. The maximum Gasteiger partial charge on any atom is 0.146 e. The largest absolute Gasteiger partial charge is 0.389 e. The highest BCUT2D eigenvalue weighted by molar-refractivity contribution is 5.55. The number of aliphatic hydroxyl groups excluding tert-OH is 1. The highest BCUT2D eigenvalue weighted by Crippen LogP contribution is 2.27. The number of halogens is 1. The lowest BCUT2D eigenvalue weighted by atomic mass is 10.1. The molecule has 0 fully saturated rings. The van der Waals surface area contributed by atoms with Crippen molar-refractivity contribution in [3.05, 3.63) is 29.6 Å². The zero-order valence-electron chi connectivity index (χ0n) is 11.1. The van der Waals surface area contributed by atoms with Crippen LogP contribution in [0.1, 0.15) is 18.5 Å². The summed E-state index contributed by atoms with van der Waals surface area (Å²) in [4.78, 5) is 1.66. The third-order valence-electron chi connectivity index (χ3n) is 2.73. The van der Waals surface area contributed by atoms with Crippen LogP contribution in [-0.4, -0.2) is 38.5 Å². The molecule has 0 aromatic heterocycles. The number of rotatable bonds is 6. The van der Waals surface area contributed by atoms with Crippen LogP contribution in [0.4, 0.5) is 10.1 Å². The Labute approximate surface area is 107 Å². The monoisotopic (exact) mass is 256 g/mol. The first-order chi connectivity index (χ1) is 8.47. The molecule has 18 heavy (non-hydrogen) atoms. The van der Waals surface area contributed by atoms with Gasteiger partial charge in [0, 0.05) is 26.7 Å². The highest BCUT2D eigenvalue weighted by atomic mass is 19.1. The maximum absolute atomic E-state index is 13.9. The van der Waals surface area contributed by atoms with Crippen LogP contribution >= 0.6 is 0 Å². The summed E-state index contributed by atoms with van der Waals surface area (Å²) in [6.07, 6.45) is -0.666. The summed E-state index contributed by atoms with van der Waals surface area (Å²) >= 11 is 0. The summed E-state index contributed by atoms with van der Waals surface area (Å²) < 4.78 is 18.7. The van der Waals surface area contributed by atoms with E-state index in [0.717, 1.165) is 5.56 Å². The Kier molecular flexibility index (Phi) is 5.53. The van der Waals surface area contributed by atoms with Crippen LogP contribution in [0.25, 0.3) is 0 Å². The average molecular weight is 256 g/mol. The first-order valence-corrected chi connectivity index (χ1v) is 5.89. The lowest BCUT2D eigenvalue weighted by molar-refractivity contribution is 0.0694. The van der Waals surface area contributed by atoms with Gasteiger partial charge >= 0.3 is 0 Å². The number of anilines is 1. The number of benzene rings is 1. The predicted octanol–water partition coefficient (Wildman–Crippen LogP) is 1.29. The first-order valence-electron chi connectivity index (χ1n) is 5.89. The van der Waals surface area contributed by atoms with Crippen LogP contribution in [0.3, 0.4) is 0 Å². The summed E-state index contributed by atoms with van der Waals surface area (Å²) in [5.74, 6) is -0.336. The molecule has 0 heterocycles. The topological polar surface area (TPSA) is 58.7 Å². The lowest BCUT2D eigenvalue weighted by Crippen LogP contribution is -2.33. The molecule has 0 radical (unpaired) electrons. The van der Waals surface area contributed by atoms with Gasteiger partial charge in [-0.3, -0.25) is 0 Å². The quantitative estimate of drug-likeness (QED) is 0.805. The molecule has 3 N–H and O–H groups in total. The zero-order chi connectivity index (χ0) is 13.7. The van der Waals surface area contributed by atoms with E-state index in [1.165, 1.54) is 13.2 Å². The van der Waals surface area contributed by atoms with E-state index in [9.17, 15) is 9.50 Å². The van der Waals surface area contributed by atoms with Crippen LogP contribution in [0.2, 0.25) is 0 Å². The lowest BCUT2D eigenvalue weighted by Gasteiger charge is -2.26. The summed E-state index contributed by atoms with van der Waals surface area (Å²) in [5, 5.41) is 9.68. The summed E-state index contributed by atoms with van der Waals surface area (Å²) in [7, 11) is 3.24. The number of hydrogen-bond donors (Lipinski definition) is 2. The van der Waals surface area contributed by atoms with Gasteiger partial charge in [0.05, 0.1) is 18.4 Å². The van der Waals surface area contributed by atoms with E-state index < -0.39 is 6.10 Å². The van der Waals surface area contributed by atoms with Gasteiger partial charge in [0.25, 0.3) is 0 Å². The van der Waals surface area contributed by atoms with Crippen molar-refractivity contribution in [1.82, 2.24) is 0 Å². The molecule has 1 aromatic carbocycles. The highest BCUT2D eigenvalue weighted by Gasteiger charge is 2.17. The molecule has 0 saturated carbocycles. The van der Waals surface area contributed by atoms with Crippen molar-refractivity contribution >= 4 is 5.69 Å². The van der Waals surface area contributed by atoms with Crippen molar-refractivity contribution in [1.29, 1.82) is 0 Å². The molecule has 4 nitrogen and oxygen atoms in total. The molecule has 0 amide bonds. The van der Waals surface area contributed by atoms with Gasteiger partial charge in [0.2, 0.25) is 0 Å². The molecule has 0 spiro atoms. The van der Waals surface area contributed by atoms with Crippen LogP contribution in [0, 0.1) is 5.82 Å². The molecule has 0 aliphatic rings. The fourth-order valence-electron chi connectivity index (χ4n) is 1.95. The Morgan fingerprint density at radius 2 is 2.17 bits per heavy atom. The van der Waals surface area contributed by atoms with E-state index in [1.807, 2.05) is 0 Å². The number of ether oxygens (including phenoxy) is 1. The van der Waals surface area contributed by atoms with Crippen molar-refractivity contribution < 1.29 is 14.2 Å². The van der Waals surface area contributed by atoms with Crippen molar-refractivity contribution in [3.8, 4) is 0 Å². The molecule has 0 aliphatic carbocycles. The van der Waals surface area contributed by atoms with Gasteiger partial charge in [-0.2, -0.15) is 0 Å². The summed E-state index contributed by atoms with van der Waals surface area (Å²) in [5.41, 5.74) is 6.99. The molecule has 0 saturated heterocycles. The van der Waals surface area contributed by atoms with Crippen LogP contribution in [0.15, 0.2) is 18.2 Å². The van der Waals surface area contributed by atoms with Gasteiger partial charge in [-0.05, 0) is 18.6 Å². The number of likely N-dealkylation sites (N-methyl/N-ethyl adjacent to an activating group) is 1. The Balaban J connectivity index is 2.93. The third kappa shape index (κ3) is 3.66. The fraction of sp³-hybridized carbons (Fsp3) is 0.538. The fourth-order valence-corrected chi connectivity index (χ4v) is 1.95. The number of nitrogens with two attached hydrogens (primary N) is 1. The van der Waals surface area contributed by atoms with E-state index in [4.69, 9.17) is 10.5 Å². The molecule has 2 atom stereocenters. The van der Waals surface area contributed by atoms with E-state index >= 15 is 0 Å². The Bertz CT molecular complexity index is 385. The van der Waals surface area contributed by atoms with E-state index in [1.54, 1.807) is 31.0 Å². The predicted molar refractivity (Wildman–Crippen MR) is 70.2 cm³/mol. The molecule has 1 unspecified atom stereocenters. The standard InChI is InChI=1S/C13H21FN2O2/c1-9(15)11-5-4-6-12(14)13(11)16(2)7-10(17)8-18-3/h4-6,9-10,17H,7-8,15H2,1-3H3/t9-,10?/m1/s1. The number of aliphatic hydroxyl groups is 1. The Hall–Kier alpha value is -1.17. The number of para-hydroxylation sites is 1. The minimum atomic E-state index is -0.666. The molecule has 102 valence electrons. The SMILES string of the molecule is COCC(O)CN(C)c1c(F)cccc1[C@@H](C)N. The minimum Gasteiger partial charge on any atom is -0.389 e. The second-order valence-corrected chi connectivity index (χ2v) is 4.46. The van der Waals surface area contributed by atoms with Crippen molar-refractivity contribution in [2.45, 2.75) is 19.1 Å². The van der Waals surface area contributed by atoms with Crippen molar-refractivity contribution in [3.63, 3.8) is 0 Å².